The number of alkyl halides is 3. The molecule has 0 bridgehead atoms. The maximum atomic E-state index is 15.6. The second-order valence-electron chi connectivity index (χ2n) is 13.5. The Morgan fingerprint density at radius 3 is 2.15 bits per heavy atom. The van der Waals surface area contributed by atoms with Gasteiger partial charge in [-0.3, -0.25) is 19.1 Å². The van der Waals surface area contributed by atoms with Crippen molar-refractivity contribution in [3.05, 3.63) is 47.5 Å². The Balaban J connectivity index is 1.39. The highest BCUT2D eigenvalue weighted by Crippen LogP contribution is 2.42. The largest absolute Gasteiger partial charge is 0.408 e. The Kier molecular flexibility index (Phi) is 11.3. The Morgan fingerprint density at radius 2 is 1.57 bits per heavy atom. The summed E-state index contributed by atoms with van der Waals surface area (Å²) >= 11 is 0. The molecule has 8 nitrogen and oxygen atoms in total. The van der Waals surface area contributed by atoms with Gasteiger partial charge in [0.1, 0.15) is 23.6 Å². The summed E-state index contributed by atoms with van der Waals surface area (Å²) in [7, 11) is 0. The van der Waals surface area contributed by atoms with Crippen LogP contribution in [0.2, 0.25) is 0 Å². The summed E-state index contributed by atoms with van der Waals surface area (Å²) in [4.78, 5) is 41.7. The van der Waals surface area contributed by atoms with Gasteiger partial charge in [0.15, 0.2) is 0 Å². The van der Waals surface area contributed by atoms with Crippen LogP contribution < -0.4 is 10.6 Å². The normalized spacial score (nSPS) is 21.1. The highest BCUT2D eigenvalue weighted by molar-refractivity contribution is 6.01. The van der Waals surface area contributed by atoms with Crippen molar-refractivity contribution < 1.29 is 31.9 Å². The van der Waals surface area contributed by atoms with Crippen LogP contribution in [0.3, 0.4) is 0 Å². The first-order chi connectivity index (χ1) is 22.5. The fourth-order valence-corrected chi connectivity index (χ4v) is 8.17. The first-order valence-corrected chi connectivity index (χ1v) is 17.3. The Labute approximate surface area is 274 Å². The highest BCUT2D eigenvalue weighted by Gasteiger charge is 2.48. The highest BCUT2D eigenvalue weighted by atomic mass is 19.4. The SMILES string of the molecule is CCn1nccc1C(=O)NC(C(=O)Nc1ccc(C(C)C(=O)N2CCCC2C(F)(F)F)cc1F)C(C1CCCCC1)C1CCCCC1. The van der Waals surface area contributed by atoms with Crippen LogP contribution in [0.5, 0.6) is 0 Å². The number of amides is 3. The second-order valence-corrected chi connectivity index (χ2v) is 13.5. The lowest BCUT2D eigenvalue weighted by atomic mass is 9.66. The number of halogens is 4. The summed E-state index contributed by atoms with van der Waals surface area (Å²) in [5.41, 5.74) is 0.450. The van der Waals surface area contributed by atoms with Crippen LogP contribution in [-0.2, 0) is 16.1 Å². The van der Waals surface area contributed by atoms with Crippen LogP contribution in [0.15, 0.2) is 30.5 Å². The fraction of sp³-hybridized carbons (Fsp3) is 0.657. The summed E-state index contributed by atoms with van der Waals surface area (Å²) in [6, 6.07) is 2.77. The van der Waals surface area contributed by atoms with E-state index in [0.29, 0.717) is 12.2 Å². The summed E-state index contributed by atoms with van der Waals surface area (Å²) in [5, 5.41) is 9.99. The molecule has 5 rings (SSSR count). The van der Waals surface area contributed by atoms with Crippen LogP contribution in [0.1, 0.15) is 113 Å². The monoisotopic (exact) mass is 661 g/mol. The average Bonchev–Trinajstić information content (AvgIpc) is 3.76. The van der Waals surface area contributed by atoms with E-state index in [2.05, 4.69) is 15.7 Å². The number of rotatable bonds is 10. The van der Waals surface area contributed by atoms with Crippen molar-refractivity contribution in [1.82, 2.24) is 20.0 Å². The third-order valence-electron chi connectivity index (χ3n) is 10.6. The van der Waals surface area contributed by atoms with Crippen molar-refractivity contribution in [1.29, 1.82) is 0 Å². The molecular formula is C35H47F4N5O3. The molecule has 1 aromatic carbocycles. The van der Waals surface area contributed by atoms with Crippen molar-refractivity contribution in [3.63, 3.8) is 0 Å². The lowest BCUT2D eigenvalue weighted by molar-refractivity contribution is -0.183. The van der Waals surface area contributed by atoms with E-state index in [1.807, 2.05) is 6.92 Å². The number of hydrogen-bond acceptors (Lipinski definition) is 4. The van der Waals surface area contributed by atoms with E-state index in [1.54, 1.807) is 16.9 Å². The molecule has 3 unspecified atom stereocenters. The van der Waals surface area contributed by atoms with Crippen molar-refractivity contribution in [2.24, 2.45) is 17.8 Å². The third kappa shape index (κ3) is 8.00. The first kappa shape index (κ1) is 34.9. The van der Waals surface area contributed by atoms with Gasteiger partial charge in [0.05, 0.1) is 11.6 Å². The molecule has 2 heterocycles. The molecule has 1 aromatic heterocycles. The predicted molar refractivity (Wildman–Crippen MR) is 170 cm³/mol. The number of carbonyl (C=O) groups excluding carboxylic acids is 3. The molecule has 47 heavy (non-hydrogen) atoms. The van der Waals surface area contributed by atoms with Crippen LogP contribution >= 0.6 is 0 Å². The number of benzene rings is 1. The Hall–Kier alpha value is -3.44. The molecule has 0 radical (unpaired) electrons. The molecule has 3 fully saturated rings. The Morgan fingerprint density at radius 1 is 0.936 bits per heavy atom. The van der Waals surface area contributed by atoms with Crippen LogP contribution in [0.4, 0.5) is 23.2 Å². The summed E-state index contributed by atoms with van der Waals surface area (Å²) in [6.07, 6.45) is 7.52. The minimum Gasteiger partial charge on any atom is -0.339 e. The van der Waals surface area contributed by atoms with Crippen molar-refractivity contribution in [2.45, 2.75) is 122 Å². The van der Waals surface area contributed by atoms with Crippen LogP contribution in [0, 0.1) is 23.6 Å². The number of likely N-dealkylation sites (tertiary alicyclic amines) is 1. The summed E-state index contributed by atoms with van der Waals surface area (Å²) in [6.45, 7) is 3.82. The van der Waals surface area contributed by atoms with Crippen molar-refractivity contribution in [3.8, 4) is 0 Å². The zero-order valence-corrected chi connectivity index (χ0v) is 27.3. The predicted octanol–water partition coefficient (Wildman–Crippen LogP) is 7.21. The molecule has 3 atom stereocenters. The quantitative estimate of drug-likeness (QED) is 0.263. The van der Waals surface area contributed by atoms with Gasteiger partial charge in [-0.05, 0) is 68.2 Å². The van der Waals surface area contributed by atoms with E-state index < -0.39 is 47.7 Å². The van der Waals surface area contributed by atoms with Crippen LogP contribution in [-0.4, -0.2) is 57.2 Å². The van der Waals surface area contributed by atoms with Gasteiger partial charge in [-0.2, -0.15) is 18.3 Å². The van der Waals surface area contributed by atoms with E-state index >= 15 is 4.39 Å². The average molecular weight is 662 g/mol. The lowest BCUT2D eigenvalue weighted by Gasteiger charge is -2.42. The summed E-state index contributed by atoms with van der Waals surface area (Å²) in [5.74, 6) is -3.09. The minimum atomic E-state index is -4.53. The first-order valence-electron chi connectivity index (χ1n) is 17.3. The van der Waals surface area contributed by atoms with E-state index in [9.17, 15) is 27.6 Å². The molecule has 1 aliphatic heterocycles. The fourth-order valence-electron chi connectivity index (χ4n) is 8.17. The standard InChI is InChI=1S/C35H47F4N5O3/c1-3-44-28(18-19-40-44)32(45)42-31(30(23-11-6-4-7-12-23)24-13-8-5-9-14-24)33(46)41-27-17-16-25(21-26(27)36)22(2)34(47)43-20-10-15-29(43)35(37,38)39/h16-19,21-24,29-31H,3-15,20H2,1-2H3,(H,41,46)(H,42,45). The number of aromatic nitrogens is 2. The molecule has 2 aliphatic carbocycles. The van der Waals surface area contributed by atoms with Gasteiger partial charge in [-0.15, -0.1) is 0 Å². The van der Waals surface area contributed by atoms with E-state index in [0.717, 1.165) is 75.2 Å². The zero-order chi connectivity index (χ0) is 33.7. The maximum absolute atomic E-state index is 15.6. The van der Waals surface area contributed by atoms with Gasteiger partial charge < -0.3 is 15.5 Å². The van der Waals surface area contributed by atoms with Crippen molar-refractivity contribution >= 4 is 23.4 Å². The molecular weight excluding hydrogens is 614 g/mol. The number of nitrogens with one attached hydrogen (secondary N) is 2. The van der Waals surface area contributed by atoms with Gasteiger partial charge in [-0.1, -0.05) is 70.3 Å². The molecule has 2 N–H and O–H groups in total. The van der Waals surface area contributed by atoms with Gasteiger partial charge in [0.25, 0.3) is 5.91 Å². The molecule has 0 spiro atoms. The summed E-state index contributed by atoms with van der Waals surface area (Å²) < 4.78 is 57.7. The minimum absolute atomic E-state index is 0.000714. The van der Waals surface area contributed by atoms with E-state index in [1.165, 1.54) is 19.1 Å². The second kappa shape index (κ2) is 15.2. The van der Waals surface area contributed by atoms with Gasteiger partial charge >= 0.3 is 6.18 Å². The molecule has 258 valence electrons. The van der Waals surface area contributed by atoms with Crippen molar-refractivity contribution in [2.75, 3.05) is 11.9 Å². The maximum Gasteiger partial charge on any atom is 0.408 e. The van der Waals surface area contributed by atoms with Crippen LogP contribution in [0.25, 0.3) is 0 Å². The van der Waals surface area contributed by atoms with Gasteiger partial charge in [0, 0.05) is 19.3 Å². The lowest BCUT2D eigenvalue weighted by Crippen LogP contribution is -2.53. The number of anilines is 1. The topological polar surface area (TPSA) is 96.3 Å². The number of hydrogen-bond donors (Lipinski definition) is 2. The molecule has 3 amide bonds. The van der Waals surface area contributed by atoms with E-state index in [4.69, 9.17) is 0 Å². The molecule has 2 saturated carbocycles. The molecule has 12 heteroatoms. The van der Waals surface area contributed by atoms with Gasteiger partial charge in [0.2, 0.25) is 11.8 Å². The molecule has 1 saturated heterocycles. The van der Waals surface area contributed by atoms with Gasteiger partial charge in [-0.25, -0.2) is 4.39 Å². The third-order valence-corrected chi connectivity index (χ3v) is 10.6. The van der Waals surface area contributed by atoms with E-state index in [-0.39, 0.29) is 48.4 Å². The number of nitrogens with zero attached hydrogens (tertiary/aromatic N) is 3. The number of aryl methyl sites for hydroxylation is 1. The zero-order valence-electron chi connectivity index (χ0n) is 27.3. The Bertz CT molecular complexity index is 1380. The number of carbonyl (C=O) groups is 3. The smallest absolute Gasteiger partial charge is 0.339 e. The molecule has 2 aromatic rings. The molecule has 3 aliphatic rings.